The number of allylic oxidation sites excluding steroid dienone is 2. The highest BCUT2D eigenvalue weighted by Gasteiger charge is 2.38. The number of carboxylic acids is 1. The minimum atomic E-state index is -1.39. The number of hydrogen-bond acceptors (Lipinski definition) is 3. The Labute approximate surface area is 216 Å². The van der Waals surface area contributed by atoms with Crippen LogP contribution in [-0.4, -0.2) is 48.8 Å². The molecule has 192 valence electrons. The molecule has 0 radical (unpaired) electrons. The molecule has 0 spiro atoms. The van der Waals surface area contributed by atoms with E-state index in [0.29, 0.717) is 6.61 Å². The van der Waals surface area contributed by atoms with Crippen LogP contribution in [0.5, 0.6) is 0 Å². The van der Waals surface area contributed by atoms with Crippen molar-refractivity contribution in [1.82, 2.24) is 4.90 Å². The molecule has 0 bridgehead atoms. The van der Waals surface area contributed by atoms with Gasteiger partial charge in [-0.2, -0.15) is 0 Å². The average molecular weight is 488 g/mol. The van der Waals surface area contributed by atoms with E-state index >= 15 is 0 Å². The number of aliphatic carboxylic acids is 1. The van der Waals surface area contributed by atoms with E-state index in [2.05, 4.69) is 75.1 Å². The minimum absolute atomic E-state index is 0.0100. The van der Waals surface area contributed by atoms with E-state index < -0.39 is 11.6 Å². The minimum Gasteiger partial charge on any atom is -0.479 e. The molecule has 4 rings (SSSR count). The molecule has 0 amide bonds. The van der Waals surface area contributed by atoms with Gasteiger partial charge in [0.1, 0.15) is 0 Å². The molecule has 0 aliphatic heterocycles. The first kappa shape index (κ1) is 26.4. The third kappa shape index (κ3) is 5.35. The summed E-state index contributed by atoms with van der Waals surface area (Å²) in [6.07, 6.45) is 10.5. The highest BCUT2D eigenvalue weighted by molar-refractivity contribution is 5.83. The van der Waals surface area contributed by atoms with Crippen molar-refractivity contribution in [2.24, 2.45) is 0 Å². The molecule has 2 aliphatic rings. The van der Waals surface area contributed by atoms with Crippen LogP contribution in [0.3, 0.4) is 0 Å². The third-order valence-corrected chi connectivity index (χ3v) is 7.98. The molecule has 2 aromatic carbocycles. The van der Waals surface area contributed by atoms with Crippen LogP contribution >= 0.6 is 0 Å². The van der Waals surface area contributed by atoms with Crippen molar-refractivity contribution in [3.8, 4) is 11.1 Å². The second-order valence-corrected chi connectivity index (χ2v) is 12.0. The average Bonchev–Trinajstić information content (AvgIpc) is 2.85. The molecular weight excluding hydrogens is 446 g/mol. The van der Waals surface area contributed by atoms with Gasteiger partial charge in [0.25, 0.3) is 0 Å². The van der Waals surface area contributed by atoms with Crippen LogP contribution in [0.2, 0.25) is 0 Å². The van der Waals surface area contributed by atoms with Gasteiger partial charge in [0.15, 0.2) is 0 Å². The van der Waals surface area contributed by atoms with Crippen LogP contribution in [0.4, 0.5) is 0 Å². The van der Waals surface area contributed by atoms with E-state index in [1.54, 1.807) is 12.2 Å². The van der Waals surface area contributed by atoms with Crippen molar-refractivity contribution in [2.75, 3.05) is 27.2 Å². The molecule has 0 fully saturated rings. The first-order valence-electron chi connectivity index (χ1n) is 13.1. The smallest absolute Gasteiger partial charge is 0.344 e. The standard InChI is InChI=1S/C32H41NO3/c1-30(2)17-18-31(3,4)28-22-26(11-12-27(28)30)25-10-7-9-24(21-25)23-13-15-32(16-14-23,29(34)35)36-20-8-19-33(5)6/h7,9-16,21-23H,8,17-20H2,1-6H3,(H,34,35). The Balaban J connectivity index is 1.56. The maximum atomic E-state index is 12.1. The summed E-state index contributed by atoms with van der Waals surface area (Å²) in [5.74, 6) is -0.970. The first-order valence-corrected chi connectivity index (χ1v) is 13.1. The molecule has 36 heavy (non-hydrogen) atoms. The van der Waals surface area contributed by atoms with Crippen molar-refractivity contribution in [1.29, 1.82) is 0 Å². The number of hydrogen-bond donors (Lipinski definition) is 1. The van der Waals surface area contributed by atoms with Gasteiger partial charge < -0.3 is 14.7 Å². The lowest BCUT2D eigenvalue weighted by Gasteiger charge is -2.42. The topological polar surface area (TPSA) is 49.8 Å². The maximum absolute atomic E-state index is 12.1. The van der Waals surface area contributed by atoms with E-state index in [-0.39, 0.29) is 16.7 Å². The highest BCUT2D eigenvalue weighted by Crippen LogP contribution is 2.47. The Morgan fingerprint density at radius 3 is 2.22 bits per heavy atom. The number of ether oxygens (including phenoxy) is 1. The van der Waals surface area contributed by atoms with Crippen LogP contribution < -0.4 is 0 Å². The zero-order valence-electron chi connectivity index (χ0n) is 22.7. The molecule has 4 heteroatoms. The van der Waals surface area contributed by atoms with Crippen molar-refractivity contribution >= 4 is 5.97 Å². The molecule has 0 atom stereocenters. The molecule has 2 aromatic rings. The zero-order chi connectivity index (χ0) is 26.1. The van der Waals surface area contributed by atoms with E-state index in [9.17, 15) is 9.90 Å². The molecule has 0 saturated carbocycles. The highest BCUT2D eigenvalue weighted by atomic mass is 16.5. The quantitative estimate of drug-likeness (QED) is 0.332. The van der Waals surface area contributed by atoms with Gasteiger partial charge in [0.2, 0.25) is 5.60 Å². The number of rotatable bonds is 8. The molecule has 0 unspecified atom stereocenters. The summed E-state index contributed by atoms with van der Waals surface area (Å²) < 4.78 is 5.85. The van der Waals surface area contributed by atoms with Crippen LogP contribution in [0.25, 0.3) is 11.1 Å². The Hall–Kier alpha value is -2.69. The summed E-state index contributed by atoms with van der Waals surface area (Å²) in [6, 6.07) is 15.6. The zero-order valence-corrected chi connectivity index (χ0v) is 22.7. The fourth-order valence-electron chi connectivity index (χ4n) is 5.45. The lowest BCUT2D eigenvalue weighted by molar-refractivity contribution is -0.154. The summed E-state index contributed by atoms with van der Waals surface area (Å²) >= 11 is 0. The number of benzene rings is 2. The summed E-state index contributed by atoms with van der Waals surface area (Å²) in [5.41, 5.74) is 5.46. The van der Waals surface area contributed by atoms with Crippen molar-refractivity contribution in [2.45, 2.75) is 69.3 Å². The number of carboxylic acid groups (broad SMARTS) is 1. The number of nitrogens with zero attached hydrogens (tertiary/aromatic N) is 1. The summed E-state index contributed by atoms with van der Waals surface area (Å²) in [5, 5.41) is 9.88. The fourth-order valence-corrected chi connectivity index (χ4v) is 5.45. The van der Waals surface area contributed by atoms with Gasteiger partial charge in [-0.15, -0.1) is 0 Å². The van der Waals surface area contributed by atoms with Gasteiger partial charge in [-0.1, -0.05) is 82.3 Å². The monoisotopic (exact) mass is 487 g/mol. The Bertz CT molecular complexity index is 1160. The molecular formula is C32H41NO3. The van der Waals surface area contributed by atoms with Crippen molar-refractivity contribution < 1.29 is 14.6 Å². The normalized spacial score (nSPS) is 24.0. The molecule has 2 aliphatic carbocycles. The van der Waals surface area contributed by atoms with Crippen LogP contribution in [-0.2, 0) is 20.4 Å². The van der Waals surface area contributed by atoms with Crippen molar-refractivity contribution in [3.63, 3.8) is 0 Å². The van der Waals surface area contributed by atoms with Gasteiger partial charge in [-0.3, -0.25) is 0 Å². The first-order chi connectivity index (χ1) is 16.9. The molecule has 0 heterocycles. The van der Waals surface area contributed by atoms with Gasteiger partial charge in [0.05, 0.1) is 6.61 Å². The van der Waals surface area contributed by atoms with E-state index in [1.807, 2.05) is 26.2 Å². The van der Waals surface area contributed by atoms with Gasteiger partial charge in [0, 0.05) is 5.92 Å². The predicted octanol–water partition coefficient (Wildman–Crippen LogP) is 6.70. The van der Waals surface area contributed by atoms with Crippen LogP contribution in [0.1, 0.15) is 69.6 Å². The molecule has 4 nitrogen and oxygen atoms in total. The van der Waals surface area contributed by atoms with Crippen LogP contribution in [0.15, 0.2) is 66.8 Å². The maximum Gasteiger partial charge on any atom is 0.344 e. The Morgan fingerprint density at radius 1 is 0.944 bits per heavy atom. The predicted molar refractivity (Wildman–Crippen MR) is 148 cm³/mol. The fraction of sp³-hybridized carbons (Fsp3) is 0.469. The number of fused-ring (bicyclic) bond motifs is 1. The second-order valence-electron chi connectivity index (χ2n) is 12.0. The molecule has 1 N–H and O–H groups in total. The SMILES string of the molecule is CN(C)CCCOC1(C(=O)O)C=CC(c2cccc(-c3ccc4c(c3)C(C)(C)CCC4(C)C)c2)C=C1. The number of carbonyl (C=O) groups is 1. The summed E-state index contributed by atoms with van der Waals surface area (Å²) in [7, 11) is 4.00. The third-order valence-electron chi connectivity index (χ3n) is 7.98. The van der Waals surface area contributed by atoms with E-state index in [4.69, 9.17) is 4.74 Å². The lowest BCUT2D eigenvalue weighted by atomic mass is 9.63. The van der Waals surface area contributed by atoms with Gasteiger partial charge in [-0.05, 0) is 90.7 Å². The lowest BCUT2D eigenvalue weighted by Crippen LogP contribution is -2.39. The van der Waals surface area contributed by atoms with E-state index in [0.717, 1.165) is 18.5 Å². The Morgan fingerprint density at radius 2 is 1.58 bits per heavy atom. The second kappa shape index (κ2) is 9.99. The Kier molecular flexibility index (Phi) is 7.32. The van der Waals surface area contributed by atoms with Crippen molar-refractivity contribution in [3.05, 3.63) is 83.5 Å². The van der Waals surface area contributed by atoms with Gasteiger partial charge in [-0.25, -0.2) is 4.79 Å². The van der Waals surface area contributed by atoms with Crippen LogP contribution in [0, 0.1) is 0 Å². The summed E-state index contributed by atoms with van der Waals surface area (Å²) in [4.78, 5) is 14.1. The summed E-state index contributed by atoms with van der Waals surface area (Å²) in [6.45, 7) is 10.7. The van der Waals surface area contributed by atoms with Gasteiger partial charge >= 0.3 is 5.97 Å². The molecule has 0 saturated heterocycles. The largest absolute Gasteiger partial charge is 0.479 e. The van der Waals surface area contributed by atoms with E-state index in [1.165, 1.54) is 35.1 Å². The molecule has 0 aromatic heterocycles.